The molecule has 0 spiro atoms. The molecule has 96 valence electrons. The van der Waals surface area contributed by atoms with Gasteiger partial charge in [-0.25, -0.2) is 9.89 Å². The van der Waals surface area contributed by atoms with Gasteiger partial charge in [-0.3, -0.25) is 9.59 Å². The van der Waals surface area contributed by atoms with Crippen LogP contribution in [0, 0.1) is 5.92 Å². The number of hydrogen-bond donors (Lipinski definition) is 3. The Morgan fingerprint density at radius 2 is 2.22 bits per heavy atom. The van der Waals surface area contributed by atoms with Crippen LogP contribution in [0.25, 0.3) is 0 Å². The van der Waals surface area contributed by atoms with Gasteiger partial charge in [-0.2, -0.15) is 5.10 Å². The highest BCUT2D eigenvalue weighted by Gasteiger charge is 2.30. The van der Waals surface area contributed by atoms with Crippen LogP contribution in [-0.2, 0) is 4.79 Å². The predicted molar refractivity (Wildman–Crippen MR) is 61.1 cm³/mol. The lowest BCUT2D eigenvalue weighted by atomic mass is 10.1. The van der Waals surface area contributed by atoms with E-state index >= 15 is 0 Å². The van der Waals surface area contributed by atoms with Crippen LogP contribution in [0.4, 0.5) is 0 Å². The van der Waals surface area contributed by atoms with Crippen LogP contribution in [-0.4, -0.2) is 33.2 Å². The normalized spacial score (nSPS) is 16.0. The first kappa shape index (κ1) is 12.3. The fourth-order valence-electron chi connectivity index (χ4n) is 1.61. The highest BCUT2D eigenvalue weighted by Crippen LogP contribution is 2.33. The number of carbonyl (C=O) groups is 2. The Balaban J connectivity index is 2.01. The third-order valence-electron chi connectivity index (χ3n) is 2.78. The summed E-state index contributed by atoms with van der Waals surface area (Å²) >= 11 is 0. The van der Waals surface area contributed by atoms with Gasteiger partial charge >= 0.3 is 5.97 Å². The molecule has 3 N–H and O–H groups in total. The van der Waals surface area contributed by atoms with E-state index < -0.39 is 23.5 Å². The van der Waals surface area contributed by atoms with E-state index in [1.165, 1.54) is 12.1 Å². The first-order valence-electron chi connectivity index (χ1n) is 5.65. The lowest BCUT2D eigenvalue weighted by Crippen LogP contribution is -2.41. The molecule has 0 bridgehead atoms. The summed E-state index contributed by atoms with van der Waals surface area (Å²) in [4.78, 5) is 33.5. The SMILES string of the molecule is O=C(NC(CC1CC1)C(=O)O)c1ccc(=O)[nH]n1. The van der Waals surface area contributed by atoms with Gasteiger partial charge in [-0.15, -0.1) is 0 Å². The molecule has 7 heteroatoms. The van der Waals surface area contributed by atoms with Crippen LogP contribution in [0.3, 0.4) is 0 Å². The van der Waals surface area contributed by atoms with E-state index in [-0.39, 0.29) is 5.69 Å². The van der Waals surface area contributed by atoms with E-state index in [9.17, 15) is 14.4 Å². The molecule has 7 nitrogen and oxygen atoms in total. The third-order valence-corrected chi connectivity index (χ3v) is 2.78. The molecular weight excluding hydrogens is 238 g/mol. The number of aromatic nitrogens is 2. The maximum absolute atomic E-state index is 11.7. The number of rotatable bonds is 5. The molecule has 1 aliphatic carbocycles. The Morgan fingerprint density at radius 1 is 1.50 bits per heavy atom. The van der Waals surface area contributed by atoms with Crippen molar-refractivity contribution in [3.63, 3.8) is 0 Å². The second-order valence-electron chi connectivity index (χ2n) is 4.35. The molecule has 1 fully saturated rings. The third kappa shape index (κ3) is 3.16. The summed E-state index contributed by atoms with van der Waals surface area (Å²) in [6.07, 6.45) is 2.46. The smallest absolute Gasteiger partial charge is 0.326 e. The quantitative estimate of drug-likeness (QED) is 0.668. The number of nitrogens with zero attached hydrogens (tertiary/aromatic N) is 1. The predicted octanol–water partition coefficient (Wildman–Crippen LogP) is -0.247. The molecule has 0 radical (unpaired) electrons. The van der Waals surface area contributed by atoms with Crippen molar-refractivity contribution < 1.29 is 14.7 Å². The monoisotopic (exact) mass is 251 g/mol. The zero-order chi connectivity index (χ0) is 13.1. The molecule has 1 saturated carbocycles. The molecule has 2 rings (SSSR count). The number of amides is 1. The minimum atomic E-state index is -1.06. The summed E-state index contributed by atoms with van der Waals surface area (Å²) in [6, 6.07) is 1.52. The number of nitrogens with one attached hydrogen (secondary N) is 2. The van der Waals surface area contributed by atoms with Crippen molar-refractivity contribution in [2.45, 2.75) is 25.3 Å². The van der Waals surface area contributed by atoms with Crippen LogP contribution in [0.2, 0.25) is 0 Å². The molecule has 0 aliphatic heterocycles. The van der Waals surface area contributed by atoms with Gasteiger partial charge in [0.15, 0.2) is 0 Å². The highest BCUT2D eigenvalue weighted by molar-refractivity contribution is 5.94. The van der Waals surface area contributed by atoms with Gasteiger partial charge in [0.2, 0.25) is 0 Å². The van der Waals surface area contributed by atoms with Crippen LogP contribution < -0.4 is 10.9 Å². The molecule has 1 atom stereocenters. The Labute approximate surface area is 102 Å². The summed E-state index contributed by atoms with van der Waals surface area (Å²) in [6.45, 7) is 0. The van der Waals surface area contributed by atoms with E-state index in [2.05, 4.69) is 15.5 Å². The Kier molecular flexibility index (Phi) is 3.40. The Morgan fingerprint density at radius 3 is 2.72 bits per heavy atom. The summed E-state index contributed by atoms with van der Waals surface area (Å²) in [7, 11) is 0. The van der Waals surface area contributed by atoms with Gasteiger partial charge in [0.1, 0.15) is 11.7 Å². The van der Waals surface area contributed by atoms with Crippen LogP contribution in [0.15, 0.2) is 16.9 Å². The van der Waals surface area contributed by atoms with Crippen molar-refractivity contribution in [3.8, 4) is 0 Å². The van der Waals surface area contributed by atoms with Crippen LogP contribution >= 0.6 is 0 Å². The molecule has 0 saturated heterocycles. The van der Waals surface area contributed by atoms with E-state index in [0.717, 1.165) is 12.8 Å². The molecule has 1 heterocycles. The van der Waals surface area contributed by atoms with Crippen molar-refractivity contribution >= 4 is 11.9 Å². The average molecular weight is 251 g/mol. The number of hydrogen-bond acceptors (Lipinski definition) is 4. The minimum absolute atomic E-state index is 0.00310. The fourth-order valence-corrected chi connectivity index (χ4v) is 1.61. The molecule has 1 aliphatic rings. The summed E-state index contributed by atoms with van der Waals surface area (Å²) in [5.41, 5.74) is -0.420. The van der Waals surface area contributed by atoms with Gasteiger partial charge in [-0.05, 0) is 18.4 Å². The first-order valence-corrected chi connectivity index (χ1v) is 5.65. The second kappa shape index (κ2) is 4.99. The van der Waals surface area contributed by atoms with Gasteiger partial charge < -0.3 is 10.4 Å². The number of carbonyl (C=O) groups excluding carboxylic acids is 1. The number of carboxylic acids is 1. The maximum Gasteiger partial charge on any atom is 0.326 e. The maximum atomic E-state index is 11.7. The zero-order valence-electron chi connectivity index (χ0n) is 9.55. The molecule has 18 heavy (non-hydrogen) atoms. The molecular formula is C11H13N3O4. The lowest BCUT2D eigenvalue weighted by molar-refractivity contribution is -0.139. The topological polar surface area (TPSA) is 112 Å². The molecule has 1 unspecified atom stereocenters. The summed E-state index contributed by atoms with van der Waals surface area (Å²) < 4.78 is 0. The van der Waals surface area contributed by atoms with Crippen molar-refractivity contribution in [2.24, 2.45) is 5.92 Å². The van der Waals surface area contributed by atoms with Crippen molar-refractivity contribution in [3.05, 3.63) is 28.2 Å². The van der Waals surface area contributed by atoms with Crippen LogP contribution in [0.1, 0.15) is 29.8 Å². The molecule has 1 aromatic rings. The van der Waals surface area contributed by atoms with E-state index in [1.807, 2.05) is 0 Å². The fraction of sp³-hybridized carbons (Fsp3) is 0.455. The molecule has 1 amide bonds. The Hall–Kier alpha value is -2.18. The Bertz CT molecular complexity index is 501. The van der Waals surface area contributed by atoms with Crippen molar-refractivity contribution in [2.75, 3.05) is 0 Å². The first-order chi connectivity index (χ1) is 8.56. The number of aromatic amines is 1. The second-order valence-corrected chi connectivity index (χ2v) is 4.35. The van der Waals surface area contributed by atoms with Crippen LogP contribution in [0.5, 0.6) is 0 Å². The molecule has 1 aromatic heterocycles. The molecule has 0 aromatic carbocycles. The van der Waals surface area contributed by atoms with Gasteiger partial charge in [0.05, 0.1) is 0 Å². The van der Waals surface area contributed by atoms with E-state index in [1.54, 1.807) is 0 Å². The van der Waals surface area contributed by atoms with Gasteiger partial charge in [-0.1, -0.05) is 12.8 Å². The van der Waals surface area contributed by atoms with E-state index in [0.29, 0.717) is 12.3 Å². The van der Waals surface area contributed by atoms with Gasteiger partial charge in [0.25, 0.3) is 11.5 Å². The summed E-state index contributed by atoms with van der Waals surface area (Å²) in [5.74, 6) is -1.27. The highest BCUT2D eigenvalue weighted by atomic mass is 16.4. The van der Waals surface area contributed by atoms with Crippen molar-refractivity contribution in [1.82, 2.24) is 15.5 Å². The standard InChI is InChI=1S/C11H13N3O4/c15-9-4-3-7(13-14-9)10(16)12-8(11(17)18)5-6-1-2-6/h3-4,6,8H,1-2,5H2,(H,12,16)(H,14,15)(H,17,18). The number of H-pyrrole nitrogens is 1. The van der Waals surface area contributed by atoms with Gasteiger partial charge in [0, 0.05) is 6.07 Å². The zero-order valence-corrected chi connectivity index (χ0v) is 9.55. The average Bonchev–Trinajstić information content (AvgIpc) is 3.12. The largest absolute Gasteiger partial charge is 0.480 e. The number of carboxylic acid groups (broad SMARTS) is 1. The van der Waals surface area contributed by atoms with Crippen molar-refractivity contribution in [1.29, 1.82) is 0 Å². The van der Waals surface area contributed by atoms with E-state index in [4.69, 9.17) is 5.11 Å². The lowest BCUT2D eigenvalue weighted by Gasteiger charge is -2.13. The number of aliphatic carboxylic acids is 1. The minimum Gasteiger partial charge on any atom is -0.480 e. The summed E-state index contributed by atoms with van der Waals surface area (Å²) in [5, 5.41) is 17.1.